The van der Waals surface area contributed by atoms with Gasteiger partial charge in [-0.15, -0.1) is 0 Å². The summed E-state index contributed by atoms with van der Waals surface area (Å²) in [7, 11) is 1.47. The maximum Gasteiger partial charge on any atom is 0.344 e. The molecule has 3 aromatic rings. The molecule has 0 radical (unpaired) electrons. The molecule has 0 saturated heterocycles. The molecule has 0 fully saturated rings. The zero-order chi connectivity index (χ0) is 24.7. The van der Waals surface area contributed by atoms with Gasteiger partial charge in [0.1, 0.15) is 5.75 Å². The molecule has 0 aliphatic rings. The summed E-state index contributed by atoms with van der Waals surface area (Å²) in [6.07, 6.45) is 1.45. The number of benzene rings is 3. The van der Waals surface area contributed by atoms with Crippen LogP contribution in [0.5, 0.6) is 17.2 Å². The van der Waals surface area contributed by atoms with Gasteiger partial charge in [-0.25, -0.2) is 10.2 Å². The molecule has 34 heavy (non-hydrogen) atoms. The Bertz CT molecular complexity index is 1220. The number of nitrogens with zero attached hydrogens (tertiary/aromatic N) is 1. The van der Waals surface area contributed by atoms with Crippen molar-refractivity contribution in [3.63, 3.8) is 0 Å². The Morgan fingerprint density at radius 3 is 2.47 bits per heavy atom. The highest BCUT2D eigenvalue weighted by atomic mass is 79.9. The standard InChI is InChI=1S/C25H22Br2N2O5/c1-15-10-16(2)24(20(27)11-15)33-14-23(30)29-28-13-17-8-9-21(22(12-17)32-3)34-25(31)18-6-4-5-7-19(18)26/h4-13H,14H2,1-3H3,(H,29,30). The van der Waals surface area contributed by atoms with Crippen LogP contribution in [0, 0.1) is 13.8 Å². The molecule has 0 unspecified atom stereocenters. The molecule has 3 rings (SSSR count). The van der Waals surface area contributed by atoms with Gasteiger partial charge in [0, 0.05) is 4.47 Å². The largest absolute Gasteiger partial charge is 0.493 e. The van der Waals surface area contributed by atoms with E-state index in [1.54, 1.807) is 36.4 Å². The Balaban J connectivity index is 1.59. The number of hydrazone groups is 1. The third-order valence-corrected chi connectivity index (χ3v) is 5.89. The van der Waals surface area contributed by atoms with E-state index in [0.717, 1.165) is 15.6 Å². The zero-order valence-corrected chi connectivity index (χ0v) is 21.9. The number of nitrogens with one attached hydrogen (secondary N) is 1. The predicted octanol–water partition coefficient (Wildman–Crippen LogP) is 5.59. The second-order valence-corrected chi connectivity index (χ2v) is 8.96. The number of halogens is 2. The van der Waals surface area contributed by atoms with Crippen LogP contribution in [-0.2, 0) is 4.79 Å². The first-order valence-corrected chi connectivity index (χ1v) is 11.7. The minimum atomic E-state index is -0.519. The molecule has 0 heterocycles. The quantitative estimate of drug-likeness (QED) is 0.160. The van der Waals surface area contributed by atoms with Crippen molar-refractivity contribution in [2.45, 2.75) is 13.8 Å². The summed E-state index contributed by atoms with van der Waals surface area (Å²) in [6, 6.07) is 15.8. The van der Waals surface area contributed by atoms with Crippen LogP contribution < -0.4 is 19.6 Å². The molecule has 0 bridgehead atoms. The molecule has 0 spiro atoms. The van der Waals surface area contributed by atoms with Crippen molar-refractivity contribution in [2.24, 2.45) is 5.10 Å². The molecule has 1 N–H and O–H groups in total. The van der Waals surface area contributed by atoms with E-state index in [1.165, 1.54) is 13.3 Å². The van der Waals surface area contributed by atoms with Gasteiger partial charge in [-0.3, -0.25) is 4.79 Å². The van der Waals surface area contributed by atoms with Crippen LogP contribution in [0.2, 0.25) is 0 Å². The van der Waals surface area contributed by atoms with E-state index in [-0.39, 0.29) is 12.4 Å². The zero-order valence-electron chi connectivity index (χ0n) is 18.7. The summed E-state index contributed by atoms with van der Waals surface area (Å²) in [5.41, 5.74) is 5.47. The highest BCUT2D eigenvalue weighted by molar-refractivity contribution is 9.10. The molecule has 0 atom stereocenters. The van der Waals surface area contributed by atoms with Gasteiger partial charge in [-0.2, -0.15) is 5.10 Å². The second kappa shape index (κ2) is 11.8. The fourth-order valence-corrected chi connectivity index (χ4v) is 4.30. The van der Waals surface area contributed by atoms with Crippen molar-refractivity contribution in [3.05, 3.63) is 85.8 Å². The van der Waals surface area contributed by atoms with Gasteiger partial charge < -0.3 is 14.2 Å². The minimum Gasteiger partial charge on any atom is -0.493 e. The summed E-state index contributed by atoms with van der Waals surface area (Å²) in [6.45, 7) is 3.71. The number of ether oxygens (including phenoxy) is 3. The Morgan fingerprint density at radius 1 is 1.00 bits per heavy atom. The van der Waals surface area contributed by atoms with Gasteiger partial charge in [0.15, 0.2) is 18.1 Å². The lowest BCUT2D eigenvalue weighted by atomic mass is 10.1. The molecule has 0 aliphatic carbocycles. The summed E-state index contributed by atoms with van der Waals surface area (Å²) in [5, 5.41) is 3.95. The van der Waals surface area contributed by atoms with Crippen LogP contribution >= 0.6 is 31.9 Å². The highest BCUT2D eigenvalue weighted by Crippen LogP contribution is 2.30. The fraction of sp³-hybridized carbons (Fsp3) is 0.160. The summed E-state index contributed by atoms with van der Waals surface area (Å²) in [5.74, 6) is 0.293. The van der Waals surface area contributed by atoms with Crippen LogP contribution in [0.4, 0.5) is 0 Å². The lowest BCUT2D eigenvalue weighted by Gasteiger charge is -2.11. The maximum absolute atomic E-state index is 12.5. The molecule has 0 aromatic heterocycles. The Labute approximate surface area is 214 Å². The molecule has 3 aromatic carbocycles. The minimum absolute atomic E-state index is 0.187. The molecule has 0 aliphatic heterocycles. The van der Waals surface area contributed by atoms with Crippen LogP contribution in [0.25, 0.3) is 0 Å². The van der Waals surface area contributed by atoms with Gasteiger partial charge in [0.05, 0.1) is 23.4 Å². The summed E-state index contributed by atoms with van der Waals surface area (Å²) in [4.78, 5) is 24.6. The lowest BCUT2D eigenvalue weighted by Crippen LogP contribution is -2.24. The molecule has 0 saturated carbocycles. The van der Waals surface area contributed by atoms with Gasteiger partial charge in [-0.05, 0) is 98.8 Å². The summed E-state index contributed by atoms with van der Waals surface area (Å²) < 4.78 is 17.8. The van der Waals surface area contributed by atoms with Crippen molar-refractivity contribution in [1.82, 2.24) is 5.43 Å². The number of amides is 1. The van der Waals surface area contributed by atoms with Crippen molar-refractivity contribution in [1.29, 1.82) is 0 Å². The van der Waals surface area contributed by atoms with Crippen LogP contribution in [0.1, 0.15) is 27.0 Å². The molecular formula is C25H22Br2N2O5. The number of esters is 1. The van der Waals surface area contributed by atoms with Crippen molar-refractivity contribution >= 4 is 50.0 Å². The average Bonchev–Trinajstić information content (AvgIpc) is 2.79. The first kappa shape index (κ1) is 25.5. The first-order chi connectivity index (χ1) is 16.3. The van der Waals surface area contributed by atoms with E-state index in [9.17, 15) is 9.59 Å². The topological polar surface area (TPSA) is 86.2 Å². The van der Waals surface area contributed by atoms with Crippen molar-refractivity contribution < 1.29 is 23.8 Å². The SMILES string of the molecule is COc1cc(C=NNC(=O)COc2c(C)cc(C)cc2Br)ccc1OC(=O)c1ccccc1Br. The molecular weight excluding hydrogens is 568 g/mol. The van der Waals surface area contributed by atoms with Crippen LogP contribution in [0.3, 0.4) is 0 Å². The van der Waals surface area contributed by atoms with Crippen molar-refractivity contribution in [2.75, 3.05) is 13.7 Å². The monoisotopic (exact) mass is 588 g/mol. The normalized spacial score (nSPS) is 10.7. The van der Waals surface area contributed by atoms with Gasteiger partial charge in [-0.1, -0.05) is 18.2 Å². The number of methoxy groups -OCH3 is 1. The van der Waals surface area contributed by atoms with Gasteiger partial charge >= 0.3 is 5.97 Å². The van der Waals surface area contributed by atoms with E-state index in [2.05, 4.69) is 42.4 Å². The number of rotatable bonds is 8. The van der Waals surface area contributed by atoms with Gasteiger partial charge in [0.2, 0.25) is 0 Å². The highest BCUT2D eigenvalue weighted by Gasteiger charge is 2.15. The Kier molecular flexibility index (Phi) is 8.84. The van der Waals surface area contributed by atoms with Crippen LogP contribution in [-0.4, -0.2) is 31.8 Å². The number of hydrogen-bond donors (Lipinski definition) is 1. The number of carbonyl (C=O) groups is 2. The van der Waals surface area contributed by atoms with Gasteiger partial charge in [0.25, 0.3) is 5.91 Å². The van der Waals surface area contributed by atoms with E-state index in [0.29, 0.717) is 27.1 Å². The van der Waals surface area contributed by atoms with E-state index in [1.807, 2.05) is 32.0 Å². The molecule has 176 valence electrons. The Hall–Kier alpha value is -3.17. The first-order valence-electron chi connectivity index (χ1n) is 10.1. The number of aryl methyl sites for hydroxylation is 2. The second-order valence-electron chi connectivity index (χ2n) is 7.25. The number of hydrogen-bond acceptors (Lipinski definition) is 6. The smallest absolute Gasteiger partial charge is 0.344 e. The van der Waals surface area contributed by atoms with E-state index >= 15 is 0 Å². The van der Waals surface area contributed by atoms with E-state index < -0.39 is 11.9 Å². The molecule has 9 heteroatoms. The van der Waals surface area contributed by atoms with E-state index in [4.69, 9.17) is 14.2 Å². The van der Waals surface area contributed by atoms with Crippen molar-refractivity contribution in [3.8, 4) is 17.2 Å². The third kappa shape index (κ3) is 6.68. The summed E-state index contributed by atoms with van der Waals surface area (Å²) >= 11 is 6.79. The lowest BCUT2D eigenvalue weighted by molar-refractivity contribution is -0.123. The number of carbonyl (C=O) groups excluding carboxylic acids is 2. The maximum atomic E-state index is 12.5. The fourth-order valence-electron chi connectivity index (χ4n) is 3.06. The predicted molar refractivity (Wildman–Crippen MR) is 137 cm³/mol. The average molecular weight is 590 g/mol. The Morgan fingerprint density at radius 2 is 1.76 bits per heavy atom. The van der Waals surface area contributed by atoms with Crippen LogP contribution in [0.15, 0.2) is 68.6 Å². The molecule has 7 nitrogen and oxygen atoms in total. The third-order valence-electron chi connectivity index (χ3n) is 4.61. The molecule has 1 amide bonds.